The molecule has 4 rings (SSSR count). The molecule has 3 nitrogen and oxygen atoms in total. The maximum Gasteiger partial charge on any atom is 0.133 e. The predicted octanol–water partition coefficient (Wildman–Crippen LogP) is 7.09. The number of H-pyrrole nitrogens is 1. The average molecular weight is 423 g/mol. The Morgan fingerprint density at radius 1 is 1.13 bits per heavy atom. The van der Waals surface area contributed by atoms with Crippen molar-refractivity contribution < 1.29 is 4.74 Å². The van der Waals surface area contributed by atoms with Gasteiger partial charge in [-0.25, -0.2) is 0 Å². The summed E-state index contributed by atoms with van der Waals surface area (Å²) in [5, 5.41) is 1.38. The molecule has 2 aromatic carbocycles. The Morgan fingerprint density at radius 2 is 1.93 bits per heavy atom. The average Bonchev–Trinajstić information content (AvgIpc) is 3.19. The Labute approximate surface area is 185 Å². The normalized spacial score (nSPS) is 16.8. The fourth-order valence-electron chi connectivity index (χ4n) is 4.37. The first kappa shape index (κ1) is 21.3. The van der Waals surface area contributed by atoms with E-state index >= 15 is 0 Å². The first-order valence-corrected chi connectivity index (χ1v) is 12.3. The third kappa shape index (κ3) is 4.87. The van der Waals surface area contributed by atoms with Crippen LogP contribution in [0.2, 0.25) is 0 Å². The Morgan fingerprint density at radius 3 is 2.70 bits per heavy atom. The standard InChI is InChI=1S/C26H34N2OS/c1-4-14-28-15-12-20(13-16-28)23-18-27-24-11-10-21(17-22(23)24)30-26-9-7-6-8-25(26)29-19(3)5-2/h6-11,17-20,27H,4-5,12-16H2,1-3H3. The lowest BCUT2D eigenvalue weighted by atomic mass is 9.89. The third-order valence-corrected chi connectivity index (χ3v) is 7.28. The first-order chi connectivity index (χ1) is 14.7. The molecule has 0 spiro atoms. The summed E-state index contributed by atoms with van der Waals surface area (Å²) in [7, 11) is 0. The minimum absolute atomic E-state index is 0.226. The van der Waals surface area contributed by atoms with Crippen molar-refractivity contribution in [3.8, 4) is 5.75 Å². The van der Waals surface area contributed by atoms with Crippen LogP contribution in [0, 0.1) is 0 Å². The Kier molecular flexibility index (Phi) is 7.06. The lowest BCUT2D eigenvalue weighted by Gasteiger charge is -2.31. The predicted molar refractivity (Wildman–Crippen MR) is 128 cm³/mol. The zero-order chi connectivity index (χ0) is 20.9. The Balaban J connectivity index is 1.54. The van der Waals surface area contributed by atoms with Crippen LogP contribution in [0.3, 0.4) is 0 Å². The van der Waals surface area contributed by atoms with Gasteiger partial charge in [-0.2, -0.15) is 0 Å². The van der Waals surface area contributed by atoms with Gasteiger partial charge in [-0.3, -0.25) is 0 Å². The van der Waals surface area contributed by atoms with E-state index in [2.05, 4.69) is 79.3 Å². The molecule has 1 N–H and O–H groups in total. The van der Waals surface area contributed by atoms with Crippen LogP contribution < -0.4 is 4.74 Å². The number of rotatable bonds is 8. The lowest BCUT2D eigenvalue weighted by molar-refractivity contribution is 0.212. The summed E-state index contributed by atoms with van der Waals surface area (Å²) in [5.41, 5.74) is 2.74. The van der Waals surface area contributed by atoms with Gasteiger partial charge in [0, 0.05) is 22.0 Å². The molecule has 1 aromatic heterocycles. The lowest BCUT2D eigenvalue weighted by Crippen LogP contribution is -2.33. The summed E-state index contributed by atoms with van der Waals surface area (Å²) >= 11 is 1.80. The summed E-state index contributed by atoms with van der Waals surface area (Å²) in [6.07, 6.45) is 7.25. The molecule has 2 heterocycles. The highest BCUT2D eigenvalue weighted by molar-refractivity contribution is 7.99. The van der Waals surface area contributed by atoms with Gasteiger partial charge in [0.1, 0.15) is 5.75 Å². The molecule has 160 valence electrons. The van der Waals surface area contributed by atoms with Gasteiger partial charge in [-0.05, 0) is 94.1 Å². The Hall–Kier alpha value is -1.91. The highest BCUT2D eigenvalue weighted by Crippen LogP contribution is 2.39. The molecule has 0 radical (unpaired) electrons. The van der Waals surface area contributed by atoms with Crippen LogP contribution in [-0.4, -0.2) is 35.6 Å². The number of piperidine rings is 1. The van der Waals surface area contributed by atoms with E-state index in [9.17, 15) is 0 Å². The molecule has 1 saturated heterocycles. The monoisotopic (exact) mass is 422 g/mol. The SMILES string of the molecule is CCCN1CCC(c2c[nH]c3ccc(Sc4ccccc4OC(C)CC)cc23)CC1. The zero-order valence-electron chi connectivity index (χ0n) is 18.5. The number of hydrogen-bond donors (Lipinski definition) is 1. The van der Waals surface area contributed by atoms with Crippen molar-refractivity contribution in [3.05, 3.63) is 54.2 Å². The van der Waals surface area contributed by atoms with Crippen molar-refractivity contribution in [2.45, 2.75) is 68.3 Å². The van der Waals surface area contributed by atoms with E-state index in [4.69, 9.17) is 4.74 Å². The summed E-state index contributed by atoms with van der Waals surface area (Å²) in [4.78, 5) is 8.58. The molecule has 0 bridgehead atoms. The van der Waals surface area contributed by atoms with Crippen molar-refractivity contribution in [1.82, 2.24) is 9.88 Å². The topological polar surface area (TPSA) is 28.3 Å². The quantitative estimate of drug-likeness (QED) is 0.420. The van der Waals surface area contributed by atoms with E-state index in [1.807, 2.05) is 0 Å². The van der Waals surface area contributed by atoms with Crippen LogP contribution in [0.15, 0.2) is 58.5 Å². The van der Waals surface area contributed by atoms with Gasteiger partial charge in [0.15, 0.2) is 0 Å². The molecule has 4 heteroatoms. The molecule has 0 amide bonds. The number of hydrogen-bond acceptors (Lipinski definition) is 3. The van der Waals surface area contributed by atoms with Gasteiger partial charge >= 0.3 is 0 Å². The van der Waals surface area contributed by atoms with E-state index in [0.29, 0.717) is 5.92 Å². The highest BCUT2D eigenvalue weighted by atomic mass is 32.2. The van der Waals surface area contributed by atoms with Gasteiger partial charge in [-0.1, -0.05) is 37.7 Å². The van der Waals surface area contributed by atoms with Gasteiger partial charge < -0.3 is 14.6 Å². The maximum atomic E-state index is 6.16. The van der Waals surface area contributed by atoms with Crippen molar-refractivity contribution in [2.24, 2.45) is 0 Å². The van der Waals surface area contributed by atoms with Gasteiger partial charge in [0.05, 0.1) is 11.0 Å². The molecular weight excluding hydrogens is 388 g/mol. The molecular formula is C26H34N2OS. The van der Waals surface area contributed by atoms with E-state index in [1.165, 1.54) is 65.2 Å². The number of likely N-dealkylation sites (tertiary alicyclic amines) is 1. The van der Waals surface area contributed by atoms with Crippen LogP contribution in [0.4, 0.5) is 0 Å². The van der Waals surface area contributed by atoms with Crippen LogP contribution in [0.1, 0.15) is 57.9 Å². The largest absolute Gasteiger partial charge is 0.490 e. The van der Waals surface area contributed by atoms with Crippen LogP contribution in [0.25, 0.3) is 10.9 Å². The van der Waals surface area contributed by atoms with E-state index in [1.54, 1.807) is 11.8 Å². The van der Waals surface area contributed by atoms with E-state index < -0.39 is 0 Å². The molecule has 1 unspecified atom stereocenters. The number of fused-ring (bicyclic) bond motifs is 1. The molecule has 30 heavy (non-hydrogen) atoms. The van der Waals surface area contributed by atoms with E-state index in [0.717, 1.165) is 12.2 Å². The first-order valence-electron chi connectivity index (χ1n) is 11.4. The second kappa shape index (κ2) is 9.93. The fourth-order valence-corrected chi connectivity index (χ4v) is 5.30. The summed E-state index contributed by atoms with van der Waals surface area (Å²) in [6, 6.07) is 15.2. The van der Waals surface area contributed by atoms with Crippen molar-refractivity contribution >= 4 is 22.7 Å². The van der Waals surface area contributed by atoms with Crippen molar-refractivity contribution in [2.75, 3.05) is 19.6 Å². The molecule has 1 atom stereocenters. The second-order valence-electron chi connectivity index (χ2n) is 8.45. The minimum Gasteiger partial charge on any atom is -0.490 e. The van der Waals surface area contributed by atoms with Gasteiger partial charge in [0.25, 0.3) is 0 Å². The van der Waals surface area contributed by atoms with E-state index in [-0.39, 0.29) is 6.10 Å². The molecule has 1 aliphatic rings. The third-order valence-electron chi connectivity index (χ3n) is 6.23. The maximum absolute atomic E-state index is 6.16. The number of aromatic amines is 1. The fraction of sp³-hybridized carbons (Fsp3) is 0.462. The number of nitrogens with one attached hydrogen (secondary N) is 1. The molecule has 3 aromatic rings. The van der Waals surface area contributed by atoms with Gasteiger partial charge in [0.2, 0.25) is 0 Å². The number of nitrogens with zero attached hydrogens (tertiary/aromatic N) is 1. The minimum atomic E-state index is 0.226. The smallest absolute Gasteiger partial charge is 0.133 e. The number of para-hydroxylation sites is 1. The second-order valence-corrected chi connectivity index (χ2v) is 9.57. The van der Waals surface area contributed by atoms with Crippen LogP contribution in [0.5, 0.6) is 5.75 Å². The molecule has 1 fully saturated rings. The van der Waals surface area contributed by atoms with Crippen molar-refractivity contribution in [1.29, 1.82) is 0 Å². The van der Waals surface area contributed by atoms with Gasteiger partial charge in [-0.15, -0.1) is 0 Å². The molecule has 0 saturated carbocycles. The summed E-state index contributed by atoms with van der Waals surface area (Å²) < 4.78 is 6.16. The highest BCUT2D eigenvalue weighted by Gasteiger charge is 2.22. The zero-order valence-corrected chi connectivity index (χ0v) is 19.3. The van der Waals surface area contributed by atoms with Crippen LogP contribution >= 0.6 is 11.8 Å². The Bertz CT molecular complexity index is 959. The summed E-state index contributed by atoms with van der Waals surface area (Å²) in [6.45, 7) is 10.2. The number of ether oxygens (including phenoxy) is 1. The van der Waals surface area contributed by atoms with Crippen LogP contribution in [-0.2, 0) is 0 Å². The van der Waals surface area contributed by atoms with Crippen molar-refractivity contribution in [3.63, 3.8) is 0 Å². The molecule has 1 aliphatic heterocycles. The number of aromatic nitrogens is 1. The number of benzene rings is 2. The molecule has 0 aliphatic carbocycles. The summed E-state index contributed by atoms with van der Waals surface area (Å²) in [5.74, 6) is 1.64.